The lowest BCUT2D eigenvalue weighted by molar-refractivity contribution is -0.113. The zero-order valence-corrected chi connectivity index (χ0v) is 15.1. The molecule has 128 valence electrons. The highest BCUT2D eigenvalue weighted by molar-refractivity contribution is 7.99. The van der Waals surface area contributed by atoms with E-state index in [4.69, 9.17) is 11.6 Å². The SMILES string of the molecule is CCn1c(SCC(=O)Nc2cccnc2)nnc1-c1cccc(Cl)c1. The number of hydrogen-bond acceptors (Lipinski definition) is 5. The fourth-order valence-electron chi connectivity index (χ4n) is 2.29. The molecule has 8 heteroatoms. The molecule has 0 fully saturated rings. The number of carbonyl (C=O) groups is 1. The minimum Gasteiger partial charge on any atom is -0.324 e. The van der Waals surface area contributed by atoms with Gasteiger partial charge in [0.15, 0.2) is 11.0 Å². The molecule has 3 rings (SSSR count). The van der Waals surface area contributed by atoms with Crippen molar-refractivity contribution in [2.45, 2.75) is 18.6 Å². The van der Waals surface area contributed by atoms with Gasteiger partial charge in [-0.1, -0.05) is 35.5 Å². The van der Waals surface area contributed by atoms with E-state index in [-0.39, 0.29) is 11.7 Å². The third-order valence-corrected chi connectivity index (χ3v) is 4.60. The summed E-state index contributed by atoms with van der Waals surface area (Å²) in [6.07, 6.45) is 3.26. The van der Waals surface area contributed by atoms with Gasteiger partial charge in [0.25, 0.3) is 0 Å². The van der Waals surface area contributed by atoms with Crippen LogP contribution in [0.4, 0.5) is 5.69 Å². The van der Waals surface area contributed by atoms with E-state index >= 15 is 0 Å². The van der Waals surface area contributed by atoms with E-state index in [9.17, 15) is 4.79 Å². The van der Waals surface area contributed by atoms with Crippen molar-refractivity contribution in [1.29, 1.82) is 0 Å². The highest BCUT2D eigenvalue weighted by atomic mass is 35.5. The van der Waals surface area contributed by atoms with Gasteiger partial charge in [0.05, 0.1) is 17.6 Å². The van der Waals surface area contributed by atoms with Crippen molar-refractivity contribution in [1.82, 2.24) is 19.7 Å². The smallest absolute Gasteiger partial charge is 0.234 e. The Kier molecular flexibility index (Phi) is 5.67. The Morgan fingerprint density at radius 1 is 1.28 bits per heavy atom. The lowest BCUT2D eigenvalue weighted by Gasteiger charge is -2.08. The zero-order valence-electron chi connectivity index (χ0n) is 13.5. The van der Waals surface area contributed by atoms with Crippen molar-refractivity contribution in [3.8, 4) is 11.4 Å². The van der Waals surface area contributed by atoms with Gasteiger partial charge < -0.3 is 9.88 Å². The molecule has 0 atom stereocenters. The van der Waals surface area contributed by atoms with Crippen molar-refractivity contribution in [2.24, 2.45) is 0 Å². The van der Waals surface area contributed by atoms with Gasteiger partial charge >= 0.3 is 0 Å². The number of halogens is 1. The van der Waals surface area contributed by atoms with Crippen molar-refractivity contribution in [2.75, 3.05) is 11.1 Å². The van der Waals surface area contributed by atoms with Crippen LogP contribution in [-0.4, -0.2) is 31.4 Å². The van der Waals surface area contributed by atoms with Crippen molar-refractivity contribution in [3.63, 3.8) is 0 Å². The molecule has 2 aromatic heterocycles. The normalized spacial score (nSPS) is 10.6. The predicted octanol–water partition coefficient (Wildman–Crippen LogP) is 3.74. The van der Waals surface area contributed by atoms with E-state index in [1.165, 1.54) is 11.8 Å². The topological polar surface area (TPSA) is 72.7 Å². The maximum atomic E-state index is 12.1. The number of benzene rings is 1. The summed E-state index contributed by atoms with van der Waals surface area (Å²) < 4.78 is 1.97. The van der Waals surface area contributed by atoms with Gasteiger partial charge in [-0.15, -0.1) is 10.2 Å². The van der Waals surface area contributed by atoms with Gasteiger partial charge in [-0.3, -0.25) is 9.78 Å². The number of rotatable bonds is 6. The fourth-order valence-corrected chi connectivity index (χ4v) is 3.28. The predicted molar refractivity (Wildman–Crippen MR) is 99.7 cm³/mol. The molecule has 2 heterocycles. The summed E-state index contributed by atoms with van der Waals surface area (Å²) in [5, 5.41) is 12.6. The highest BCUT2D eigenvalue weighted by Gasteiger charge is 2.15. The number of pyridine rings is 1. The maximum Gasteiger partial charge on any atom is 0.234 e. The van der Waals surface area contributed by atoms with Gasteiger partial charge in [-0.25, -0.2) is 0 Å². The molecule has 0 saturated heterocycles. The van der Waals surface area contributed by atoms with Crippen LogP contribution in [0.3, 0.4) is 0 Å². The number of amides is 1. The summed E-state index contributed by atoms with van der Waals surface area (Å²) in [6.45, 7) is 2.71. The first-order valence-electron chi connectivity index (χ1n) is 7.69. The molecule has 0 saturated carbocycles. The number of thioether (sulfide) groups is 1. The molecule has 0 bridgehead atoms. The van der Waals surface area contributed by atoms with Crippen LogP contribution in [0.1, 0.15) is 6.92 Å². The average Bonchev–Trinajstić information content (AvgIpc) is 3.04. The van der Waals surface area contributed by atoms with E-state index in [2.05, 4.69) is 20.5 Å². The third-order valence-electron chi connectivity index (χ3n) is 3.39. The molecular weight excluding hydrogens is 358 g/mol. The van der Waals surface area contributed by atoms with Crippen LogP contribution in [-0.2, 0) is 11.3 Å². The van der Waals surface area contributed by atoms with E-state index in [0.29, 0.717) is 22.4 Å². The minimum atomic E-state index is -0.118. The molecule has 0 aliphatic rings. The van der Waals surface area contributed by atoms with Crippen LogP contribution in [0.5, 0.6) is 0 Å². The summed E-state index contributed by atoms with van der Waals surface area (Å²) in [5.41, 5.74) is 1.57. The van der Waals surface area contributed by atoms with Gasteiger partial charge in [0.2, 0.25) is 5.91 Å². The largest absolute Gasteiger partial charge is 0.324 e. The van der Waals surface area contributed by atoms with Crippen LogP contribution in [0, 0.1) is 0 Å². The van der Waals surface area contributed by atoms with Crippen molar-refractivity contribution in [3.05, 3.63) is 53.8 Å². The quantitative estimate of drug-likeness (QED) is 0.666. The molecule has 6 nitrogen and oxygen atoms in total. The molecule has 0 spiro atoms. The molecule has 25 heavy (non-hydrogen) atoms. The molecule has 1 amide bonds. The summed E-state index contributed by atoms with van der Waals surface area (Å²) in [7, 11) is 0. The van der Waals surface area contributed by atoms with E-state index in [0.717, 1.165) is 11.4 Å². The second kappa shape index (κ2) is 8.13. The maximum absolute atomic E-state index is 12.1. The molecular formula is C17H16ClN5OS. The molecule has 0 radical (unpaired) electrons. The lowest BCUT2D eigenvalue weighted by Crippen LogP contribution is -2.14. The van der Waals surface area contributed by atoms with Crippen molar-refractivity contribution < 1.29 is 4.79 Å². The Bertz CT molecular complexity index is 868. The fraction of sp³-hybridized carbons (Fsp3) is 0.176. The van der Waals surface area contributed by atoms with Crippen LogP contribution in [0.2, 0.25) is 5.02 Å². The molecule has 0 aliphatic heterocycles. The monoisotopic (exact) mass is 373 g/mol. The Morgan fingerprint density at radius 3 is 2.88 bits per heavy atom. The van der Waals surface area contributed by atoms with E-state index < -0.39 is 0 Å². The summed E-state index contributed by atoms with van der Waals surface area (Å²) in [4.78, 5) is 16.0. The lowest BCUT2D eigenvalue weighted by atomic mass is 10.2. The number of carbonyl (C=O) groups excluding carboxylic acids is 1. The van der Waals surface area contributed by atoms with Crippen LogP contribution >= 0.6 is 23.4 Å². The summed E-state index contributed by atoms with van der Waals surface area (Å²) in [5.74, 6) is 0.857. The molecule has 0 aliphatic carbocycles. The standard InChI is InChI=1S/C17H16ClN5OS/c1-2-23-16(12-5-3-6-13(18)9-12)21-22-17(23)25-11-15(24)20-14-7-4-8-19-10-14/h3-10H,2,11H2,1H3,(H,20,24). The molecule has 3 aromatic rings. The van der Waals surface area contributed by atoms with E-state index in [1.807, 2.05) is 35.8 Å². The number of aromatic nitrogens is 4. The zero-order chi connectivity index (χ0) is 17.6. The summed E-state index contributed by atoms with van der Waals surface area (Å²) in [6, 6.07) is 11.0. The Labute approximate surface area is 154 Å². The van der Waals surface area contributed by atoms with Gasteiger partial charge in [-0.2, -0.15) is 0 Å². The highest BCUT2D eigenvalue weighted by Crippen LogP contribution is 2.25. The Morgan fingerprint density at radius 2 is 2.16 bits per heavy atom. The van der Waals surface area contributed by atoms with Gasteiger partial charge in [-0.05, 0) is 31.2 Å². The Hall–Kier alpha value is -2.38. The van der Waals surface area contributed by atoms with Crippen LogP contribution in [0.25, 0.3) is 11.4 Å². The number of hydrogen-bond donors (Lipinski definition) is 1. The van der Waals surface area contributed by atoms with E-state index in [1.54, 1.807) is 24.5 Å². The molecule has 1 aromatic carbocycles. The number of nitrogens with one attached hydrogen (secondary N) is 1. The van der Waals surface area contributed by atoms with Crippen molar-refractivity contribution >= 4 is 35.0 Å². The number of nitrogens with zero attached hydrogens (tertiary/aromatic N) is 4. The Balaban J connectivity index is 1.70. The van der Waals surface area contributed by atoms with Crippen LogP contribution in [0.15, 0.2) is 53.9 Å². The van der Waals surface area contributed by atoms with Gasteiger partial charge in [0.1, 0.15) is 0 Å². The first-order chi connectivity index (χ1) is 12.2. The van der Waals surface area contributed by atoms with Crippen LogP contribution < -0.4 is 5.32 Å². The molecule has 0 unspecified atom stereocenters. The number of anilines is 1. The summed E-state index contributed by atoms with van der Waals surface area (Å²) >= 11 is 7.40. The first kappa shape index (κ1) is 17.4. The second-order valence-corrected chi connectivity index (χ2v) is 6.52. The molecule has 1 N–H and O–H groups in total. The average molecular weight is 374 g/mol. The second-order valence-electron chi connectivity index (χ2n) is 5.14. The first-order valence-corrected chi connectivity index (χ1v) is 9.05. The van der Waals surface area contributed by atoms with Gasteiger partial charge in [0, 0.05) is 23.3 Å². The minimum absolute atomic E-state index is 0.118. The third kappa shape index (κ3) is 4.37.